The molecule has 0 aromatic heterocycles. The van der Waals surface area contributed by atoms with Crippen LogP contribution in [0.25, 0.3) is 0 Å². The first kappa shape index (κ1) is 13.4. The number of hydrogen-bond donors (Lipinski definition) is 1. The summed E-state index contributed by atoms with van der Waals surface area (Å²) in [4.78, 5) is 0. The molecule has 2 heterocycles. The number of rotatable bonds is 2. The number of nitrogens with one attached hydrogen (secondary N) is 1. The van der Waals surface area contributed by atoms with Crippen molar-refractivity contribution in [3.05, 3.63) is 23.3 Å². The number of fused-ring (bicyclic) bond motifs is 2. The lowest BCUT2D eigenvalue weighted by atomic mass is 9.73. The van der Waals surface area contributed by atoms with Crippen LogP contribution in [0.1, 0.15) is 56.2 Å². The van der Waals surface area contributed by atoms with E-state index in [0.29, 0.717) is 12.8 Å². The van der Waals surface area contributed by atoms with E-state index >= 15 is 0 Å². The van der Waals surface area contributed by atoms with E-state index < -0.39 is 0 Å². The molecule has 1 N–H and O–H groups in total. The first-order valence-corrected chi connectivity index (χ1v) is 8.51. The lowest BCUT2D eigenvalue weighted by molar-refractivity contribution is 0.173. The molecular weight excluding hydrogens is 262 g/mol. The van der Waals surface area contributed by atoms with Gasteiger partial charge >= 0.3 is 0 Å². The van der Waals surface area contributed by atoms with Crippen molar-refractivity contribution in [1.29, 1.82) is 0 Å². The van der Waals surface area contributed by atoms with Crippen molar-refractivity contribution in [3.63, 3.8) is 0 Å². The van der Waals surface area contributed by atoms with E-state index in [-0.39, 0.29) is 0 Å². The number of ether oxygens (including phenoxy) is 2. The van der Waals surface area contributed by atoms with Crippen LogP contribution in [0.5, 0.6) is 11.5 Å². The van der Waals surface area contributed by atoms with Crippen LogP contribution in [0, 0.1) is 11.8 Å². The zero-order valence-corrected chi connectivity index (χ0v) is 12.9. The van der Waals surface area contributed by atoms with Gasteiger partial charge in [0, 0.05) is 6.04 Å². The van der Waals surface area contributed by atoms with Gasteiger partial charge in [0.25, 0.3) is 0 Å². The Balaban J connectivity index is 1.63. The molecule has 3 nitrogen and oxygen atoms in total. The average Bonchev–Trinajstić information content (AvgIpc) is 2.99. The molecule has 3 atom stereocenters. The molecule has 1 saturated carbocycles. The van der Waals surface area contributed by atoms with E-state index in [1.54, 1.807) is 0 Å². The summed E-state index contributed by atoms with van der Waals surface area (Å²) < 4.78 is 11.1. The molecule has 114 valence electrons. The third-order valence-corrected chi connectivity index (χ3v) is 5.60. The molecule has 1 aromatic rings. The molecule has 1 aromatic carbocycles. The minimum absolute atomic E-state index is 0.373. The normalized spacial score (nSPS) is 31.0. The largest absolute Gasteiger partial charge is 0.454 e. The summed E-state index contributed by atoms with van der Waals surface area (Å²) in [6, 6.07) is 4.97. The predicted octanol–water partition coefficient (Wildman–Crippen LogP) is 3.82. The summed E-state index contributed by atoms with van der Waals surface area (Å²) in [5.74, 6) is 3.57. The van der Waals surface area contributed by atoms with Gasteiger partial charge in [0.15, 0.2) is 11.5 Å². The molecule has 21 heavy (non-hydrogen) atoms. The summed E-state index contributed by atoms with van der Waals surface area (Å²) in [5.41, 5.74) is 2.92. The van der Waals surface area contributed by atoms with Crippen molar-refractivity contribution >= 4 is 0 Å². The standard InChI is InChI=1S/C18H25NO2/c1-2-12-4-3-5-14(8-12)18-15-10-17-16(20-11-21-17)9-13(15)6-7-19-18/h9-10,12,14,18-19H,2-8,11H2,1H3. The summed E-state index contributed by atoms with van der Waals surface area (Å²) in [5, 5.41) is 3.78. The Bertz CT molecular complexity index is 528. The van der Waals surface area contributed by atoms with Gasteiger partial charge < -0.3 is 14.8 Å². The van der Waals surface area contributed by atoms with E-state index in [9.17, 15) is 0 Å². The van der Waals surface area contributed by atoms with Crippen molar-refractivity contribution in [1.82, 2.24) is 5.32 Å². The van der Waals surface area contributed by atoms with E-state index in [2.05, 4.69) is 24.4 Å². The topological polar surface area (TPSA) is 30.5 Å². The van der Waals surface area contributed by atoms with Crippen LogP contribution in [-0.2, 0) is 6.42 Å². The molecule has 0 radical (unpaired) electrons. The lowest BCUT2D eigenvalue weighted by Gasteiger charge is -2.38. The summed E-state index contributed by atoms with van der Waals surface area (Å²) in [6.07, 6.45) is 7.99. The average molecular weight is 287 g/mol. The Morgan fingerprint density at radius 3 is 2.90 bits per heavy atom. The van der Waals surface area contributed by atoms with Crippen LogP contribution in [0.2, 0.25) is 0 Å². The Morgan fingerprint density at radius 1 is 1.19 bits per heavy atom. The van der Waals surface area contributed by atoms with Gasteiger partial charge in [0.1, 0.15) is 0 Å². The van der Waals surface area contributed by atoms with Crippen molar-refractivity contribution in [2.24, 2.45) is 11.8 Å². The zero-order valence-electron chi connectivity index (χ0n) is 12.9. The third-order valence-electron chi connectivity index (χ3n) is 5.60. The van der Waals surface area contributed by atoms with Gasteiger partial charge in [0.05, 0.1) is 0 Å². The number of benzene rings is 1. The Hall–Kier alpha value is -1.22. The molecule has 3 unspecified atom stereocenters. The smallest absolute Gasteiger partial charge is 0.231 e. The maximum absolute atomic E-state index is 5.59. The van der Waals surface area contributed by atoms with Crippen molar-refractivity contribution in [3.8, 4) is 11.5 Å². The molecule has 2 aliphatic heterocycles. The summed E-state index contributed by atoms with van der Waals surface area (Å²) >= 11 is 0. The maximum atomic E-state index is 5.59. The molecule has 0 bridgehead atoms. The second kappa shape index (κ2) is 5.53. The van der Waals surface area contributed by atoms with Crippen LogP contribution in [-0.4, -0.2) is 13.3 Å². The van der Waals surface area contributed by atoms with E-state index in [0.717, 1.165) is 36.3 Å². The van der Waals surface area contributed by atoms with Crippen LogP contribution < -0.4 is 14.8 Å². The van der Waals surface area contributed by atoms with Crippen LogP contribution >= 0.6 is 0 Å². The van der Waals surface area contributed by atoms with Gasteiger partial charge in [0.2, 0.25) is 6.79 Å². The molecule has 4 rings (SSSR count). The lowest BCUT2D eigenvalue weighted by Crippen LogP contribution is -2.36. The SMILES string of the molecule is CCC1CCCC(C2NCCc3cc4c(cc32)OCO4)C1. The van der Waals surface area contributed by atoms with Gasteiger partial charge in [-0.1, -0.05) is 26.2 Å². The van der Waals surface area contributed by atoms with Crippen LogP contribution in [0.4, 0.5) is 0 Å². The summed E-state index contributed by atoms with van der Waals surface area (Å²) in [6.45, 7) is 3.80. The van der Waals surface area contributed by atoms with Gasteiger partial charge in [-0.2, -0.15) is 0 Å². The Labute approximate surface area is 127 Å². The highest BCUT2D eigenvalue weighted by molar-refractivity contribution is 5.50. The van der Waals surface area contributed by atoms with Gasteiger partial charge in [-0.05, 0) is 60.9 Å². The Kier molecular flexibility index (Phi) is 3.54. The highest BCUT2D eigenvalue weighted by Gasteiger charge is 2.33. The molecule has 1 fully saturated rings. The fraction of sp³-hybridized carbons (Fsp3) is 0.667. The van der Waals surface area contributed by atoms with Gasteiger partial charge in [-0.3, -0.25) is 0 Å². The number of hydrogen-bond acceptors (Lipinski definition) is 3. The molecule has 0 amide bonds. The minimum atomic E-state index is 0.373. The van der Waals surface area contributed by atoms with Crippen molar-refractivity contribution < 1.29 is 9.47 Å². The molecule has 1 aliphatic carbocycles. The van der Waals surface area contributed by atoms with Crippen molar-refractivity contribution in [2.75, 3.05) is 13.3 Å². The quantitative estimate of drug-likeness (QED) is 0.897. The molecule has 0 saturated heterocycles. The second-order valence-corrected chi connectivity index (χ2v) is 6.79. The Morgan fingerprint density at radius 2 is 2.05 bits per heavy atom. The first-order chi connectivity index (χ1) is 10.3. The fourth-order valence-corrected chi connectivity index (χ4v) is 4.40. The third kappa shape index (κ3) is 2.42. The van der Waals surface area contributed by atoms with Crippen LogP contribution in [0.3, 0.4) is 0 Å². The highest BCUT2D eigenvalue weighted by Crippen LogP contribution is 2.44. The minimum Gasteiger partial charge on any atom is -0.454 e. The van der Waals surface area contributed by atoms with Crippen molar-refractivity contribution in [2.45, 2.75) is 51.5 Å². The van der Waals surface area contributed by atoms with E-state index in [1.165, 1.54) is 43.2 Å². The highest BCUT2D eigenvalue weighted by atomic mass is 16.7. The van der Waals surface area contributed by atoms with Gasteiger partial charge in [-0.25, -0.2) is 0 Å². The monoisotopic (exact) mass is 287 g/mol. The molecule has 3 heteroatoms. The molecule has 3 aliphatic rings. The van der Waals surface area contributed by atoms with E-state index in [4.69, 9.17) is 9.47 Å². The van der Waals surface area contributed by atoms with Gasteiger partial charge in [-0.15, -0.1) is 0 Å². The van der Waals surface area contributed by atoms with E-state index in [1.807, 2.05) is 0 Å². The zero-order chi connectivity index (χ0) is 14.2. The van der Waals surface area contributed by atoms with Crippen LogP contribution in [0.15, 0.2) is 12.1 Å². The molecule has 0 spiro atoms. The first-order valence-electron chi connectivity index (χ1n) is 8.51. The predicted molar refractivity (Wildman–Crippen MR) is 82.8 cm³/mol. The fourth-order valence-electron chi connectivity index (χ4n) is 4.40. The maximum Gasteiger partial charge on any atom is 0.231 e. The summed E-state index contributed by atoms with van der Waals surface area (Å²) in [7, 11) is 0. The second-order valence-electron chi connectivity index (χ2n) is 6.79. The molecular formula is C18H25NO2.